The van der Waals surface area contributed by atoms with Gasteiger partial charge < -0.3 is 20.0 Å². The summed E-state index contributed by atoms with van der Waals surface area (Å²) in [5.74, 6) is 2.92. The van der Waals surface area contributed by atoms with Gasteiger partial charge in [-0.15, -0.1) is 24.0 Å². The quantitative estimate of drug-likeness (QED) is 0.358. The smallest absolute Gasteiger partial charge is 0.225 e. The Labute approximate surface area is 194 Å². The van der Waals surface area contributed by atoms with Gasteiger partial charge in [-0.25, -0.2) is 9.97 Å². The zero-order valence-electron chi connectivity index (χ0n) is 17.5. The summed E-state index contributed by atoms with van der Waals surface area (Å²) in [4.78, 5) is 31.9. The average Bonchev–Trinajstić information content (AvgIpc) is 2.71. The standard InChI is InChI=1S/C19H31N7OS.HI/c1-19(2)15-26(13-14-28-19)17(20-3)23-8-5-16(27)24-9-11-25(12-10-24)18-21-6-4-7-22-18;/h4,6-7H,5,8-15H2,1-3H3,(H,20,23);1H. The Morgan fingerprint density at radius 2 is 1.86 bits per heavy atom. The first kappa shape index (κ1) is 24.0. The number of aliphatic imine (C=N–C) groups is 1. The average molecular weight is 533 g/mol. The molecule has 3 rings (SSSR count). The van der Waals surface area contributed by atoms with E-state index in [-0.39, 0.29) is 34.6 Å². The molecule has 0 aliphatic carbocycles. The van der Waals surface area contributed by atoms with Crippen molar-refractivity contribution in [3.8, 4) is 0 Å². The number of carbonyl (C=O) groups excluding carboxylic acids is 1. The molecule has 162 valence electrons. The molecule has 0 atom stereocenters. The highest BCUT2D eigenvalue weighted by Gasteiger charge is 2.29. The van der Waals surface area contributed by atoms with Crippen LogP contribution in [0.5, 0.6) is 0 Å². The van der Waals surface area contributed by atoms with Crippen LogP contribution in [0.25, 0.3) is 0 Å². The third-order valence-electron chi connectivity index (χ3n) is 5.03. The maximum absolute atomic E-state index is 12.6. The van der Waals surface area contributed by atoms with E-state index in [1.807, 2.05) is 29.8 Å². The SMILES string of the molecule is CN=C(NCCC(=O)N1CCN(c2ncccn2)CC1)N1CCSC(C)(C)C1.I. The minimum atomic E-state index is 0. The molecule has 3 heterocycles. The van der Waals surface area contributed by atoms with Gasteiger partial charge in [0.05, 0.1) is 0 Å². The van der Waals surface area contributed by atoms with Crippen molar-refractivity contribution in [3.63, 3.8) is 0 Å². The van der Waals surface area contributed by atoms with Crippen LogP contribution >= 0.6 is 35.7 Å². The van der Waals surface area contributed by atoms with Crippen molar-refractivity contribution in [2.45, 2.75) is 25.0 Å². The zero-order chi connectivity index (χ0) is 20.0. The third-order valence-corrected chi connectivity index (χ3v) is 6.32. The summed E-state index contributed by atoms with van der Waals surface area (Å²) in [5.41, 5.74) is 0. The molecule has 8 nitrogen and oxygen atoms in total. The van der Waals surface area contributed by atoms with Gasteiger partial charge in [-0.2, -0.15) is 11.8 Å². The first-order valence-electron chi connectivity index (χ1n) is 9.88. The molecule has 0 saturated carbocycles. The monoisotopic (exact) mass is 533 g/mol. The van der Waals surface area contributed by atoms with Crippen LogP contribution in [-0.4, -0.2) is 95.0 Å². The molecule has 1 aromatic heterocycles. The number of anilines is 1. The van der Waals surface area contributed by atoms with Crippen LogP contribution in [0.4, 0.5) is 5.95 Å². The third kappa shape index (κ3) is 6.87. The molecule has 0 bridgehead atoms. The number of guanidine groups is 1. The molecule has 2 aliphatic heterocycles. The number of hydrogen-bond acceptors (Lipinski definition) is 6. The summed E-state index contributed by atoms with van der Waals surface area (Å²) in [6.45, 7) is 10.1. The number of thioether (sulfide) groups is 1. The summed E-state index contributed by atoms with van der Waals surface area (Å²) in [6.07, 6.45) is 3.98. The zero-order valence-corrected chi connectivity index (χ0v) is 20.7. The number of piperazine rings is 1. The number of halogens is 1. The van der Waals surface area contributed by atoms with Crippen molar-refractivity contribution >= 4 is 53.6 Å². The number of carbonyl (C=O) groups is 1. The van der Waals surface area contributed by atoms with Gasteiger partial charge in [-0.05, 0) is 19.9 Å². The minimum absolute atomic E-state index is 0. The fraction of sp³-hybridized carbons (Fsp3) is 0.684. The van der Waals surface area contributed by atoms with Gasteiger partial charge in [0.15, 0.2) is 5.96 Å². The molecule has 2 fully saturated rings. The lowest BCUT2D eigenvalue weighted by atomic mass is 10.2. The predicted octanol–water partition coefficient (Wildman–Crippen LogP) is 1.54. The molecule has 1 amide bonds. The van der Waals surface area contributed by atoms with E-state index in [1.54, 1.807) is 12.4 Å². The highest BCUT2D eigenvalue weighted by Crippen LogP contribution is 2.29. The van der Waals surface area contributed by atoms with Crippen molar-refractivity contribution in [1.82, 2.24) is 25.1 Å². The Morgan fingerprint density at radius 3 is 2.48 bits per heavy atom. The van der Waals surface area contributed by atoms with Crippen LogP contribution in [-0.2, 0) is 4.79 Å². The molecule has 1 N–H and O–H groups in total. The van der Waals surface area contributed by atoms with E-state index in [2.05, 4.69) is 43.9 Å². The van der Waals surface area contributed by atoms with Crippen molar-refractivity contribution in [2.75, 3.05) is 63.5 Å². The van der Waals surface area contributed by atoms with Crippen LogP contribution in [0.15, 0.2) is 23.5 Å². The first-order chi connectivity index (χ1) is 13.5. The molecule has 10 heteroatoms. The summed E-state index contributed by atoms with van der Waals surface area (Å²) in [7, 11) is 1.81. The lowest BCUT2D eigenvalue weighted by Crippen LogP contribution is -2.52. The number of hydrogen-bond donors (Lipinski definition) is 1. The minimum Gasteiger partial charge on any atom is -0.356 e. The Hall–Kier alpha value is -1.30. The number of rotatable bonds is 4. The fourth-order valence-electron chi connectivity index (χ4n) is 3.58. The van der Waals surface area contributed by atoms with Crippen molar-refractivity contribution < 1.29 is 4.79 Å². The first-order valence-corrected chi connectivity index (χ1v) is 10.9. The summed E-state index contributed by atoms with van der Waals surface area (Å²) in [5, 5.41) is 3.37. The van der Waals surface area contributed by atoms with Crippen LogP contribution in [0.2, 0.25) is 0 Å². The predicted molar refractivity (Wildman–Crippen MR) is 130 cm³/mol. The van der Waals surface area contributed by atoms with Gasteiger partial charge in [-0.3, -0.25) is 9.79 Å². The van der Waals surface area contributed by atoms with Gasteiger partial charge in [0, 0.05) is 82.2 Å². The van der Waals surface area contributed by atoms with E-state index in [4.69, 9.17) is 0 Å². The molecule has 0 aromatic carbocycles. The molecule has 0 unspecified atom stereocenters. The maximum Gasteiger partial charge on any atom is 0.225 e. The molecule has 0 spiro atoms. The molecule has 1 aromatic rings. The Balaban J connectivity index is 0.00000300. The van der Waals surface area contributed by atoms with Gasteiger partial charge in [-0.1, -0.05) is 0 Å². The van der Waals surface area contributed by atoms with Gasteiger partial charge in [0.25, 0.3) is 0 Å². The van der Waals surface area contributed by atoms with E-state index in [0.29, 0.717) is 26.1 Å². The molecule has 0 radical (unpaired) electrons. The summed E-state index contributed by atoms with van der Waals surface area (Å²) < 4.78 is 0.230. The Kier molecular flexibility index (Phi) is 9.25. The van der Waals surface area contributed by atoms with E-state index in [9.17, 15) is 4.79 Å². The number of nitrogens with one attached hydrogen (secondary N) is 1. The molecular formula is C19H32IN7OS. The lowest BCUT2D eigenvalue weighted by molar-refractivity contribution is -0.131. The number of aromatic nitrogens is 2. The molecule has 29 heavy (non-hydrogen) atoms. The molecular weight excluding hydrogens is 501 g/mol. The largest absolute Gasteiger partial charge is 0.356 e. The number of nitrogens with zero attached hydrogens (tertiary/aromatic N) is 6. The number of amides is 1. The summed E-state index contributed by atoms with van der Waals surface area (Å²) >= 11 is 2.00. The fourth-order valence-corrected chi connectivity index (χ4v) is 4.69. The highest BCUT2D eigenvalue weighted by molar-refractivity contribution is 14.0. The van der Waals surface area contributed by atoms with Crippen molar-refractivity contribution in [3.05, 3.63) is 18.5 Å². The van der Waals surface area contributed by atoms with E-state index >= 15 is 0 Å². The van der Waals surface area contributed by atoms with E-state index in [1.165, 1.54) is 0 Å². The Morgan fingerprint density at radius 1 is 1.17 bits per heavy atom. The highest BCUT2D eigenvalue weighted by atomic mass is 127. The maximum atomic E-state index is 12.6. The lowest BCUT2D eigenvalue weighted by Gasteiger charge is -2.39. The molecule has 2 aliphatic rings. The second-order valence-corrected chi connectivity index (χ2v) is 9.47. The van der Waals surface area contributed by atoms with Crippen LogP contribution in [0.3, 0.4) is 0 Å². The van der Waals surface area contributed by atoms with Crippen molar-refractivity contribution in [2.24, 2.45) is 4.99 Å². The van der Waals surface area contributed by atoms with Crippen LogP contribution < -0.4 is 10.2 Å². The van der Waals surface area contributed by atoms with Crippen LogP contribution in [0, 0.1) is 0 Å². The van der Waals surface area contributed by atoms with Gasteiger partial charge in [0.1, 0.15) is 0 Å². The normalized spacial score (nSPS) is 19.6. The Bertz CT molecular complexity index is 680. The van der Waals surface area contributed by atoms with Gasteiger partial charge >= 0.3 is 0 Å². The molecule has 2 saturated heterocycles. The second-order valence-electron chi connectivity index (χ2n) is 7.67. The van der Waals surface area contributed by atoms with Gasteiger partial charge in [0.2, 0.25) is 11.9 Å². The van der Waals surface area contributed by atoms with Crippen molar-refractivity contribution in [1.29, 1.82) is 0 Å². The summed E-state index contributed by atoms with van der Waals surface area (Å²) in [6, 6.07) is 1.81. The van der Waals surface area contributed by atoms with E-state index in [0.717, 1.165) is 43.8 Å². The van der Waals surface area contributed by atoms with Crippen LogP contribution in [0.1, 0.15) is 20.3 Å². The van der Waals surface area contributed by atoms with E-state index < -0.39 is 0 Å². The topological polar surface area (TPSA) is 77.0 Å². The second kappa shape index (κ2) is 11.2.